The first-order chi connectivity index (χ1) is 14.7. The Labute approximate surface area is 172 Å². The van der Waals surface area contributed by atoms with Crippen molar-refractivity contribution >= 4 is 22.9 Å². The number of amides is 1. The van der Waals surface area contributed by atoms with Gasteiger partial charge >= 0.3 is 0 Å². The number of nitrogens with zero attached hydrogens (tertiary/aromatic N) is 7. The molecular weight excluding hydrogens is 382 g/mol. The summed E-state index contributed by atoms with van der Waals surface area (Å²) in [6, 6.07) is 13.5. The number of anilines is 1. The van der Waals surface area contributed by atoms with Gasteiger partial charge in [0.1, 0.15) is 5.82 Å². The van der Waals surface area contributed by atoms with Gasteiger partial charge in [0.15, 0.2) is 22.7 Å². The van der Waals surface area contributed by atoms with Crippen LogP contribution in [0.15, 0.2) is 53.1 Å². The van der Waals surface area contributed by atoms with Crippen LogP contribution in [0.25, 0.3) is 11.2 Å². The number of fused-ring (bicyclic) bond motifs is 1. The fraction of sp³-hybridized carbons (Fsp3) is 0.286. The van der Waals surface area contributed by atoms with Gasteiger partial charge in [0.05, 0.1) is 12.8 Å². The van der Waals surface area contributed by atoms with E-state index in [-0.39, 0.29) is 5.91 Å². The molecule has 5 rings (SSSR count). The quantitative estimate of drug-likeness (QED) is 0.515. The molecule has 4 aromatic rings. The lowest BCUT2D eigenvalue weighted by molar-refractivity contribution is 0.0714. The van der Waals surface area contributed by atoms with E-state index in [0.29, 0.717) is 49.8 Å². The standard InChI is InChI=1S/C21H21N7O2/c1-15-22-19(26-9-11-27(12-10-26)21(29)17-8-5-13-30-17)18-20(23-15)28(25-24-18)14-16-6-3-2-4-7-16/h2-8,13H,9-12,14H2,1H3. The molecule has 152 valence electrons. The molecule has 0 saturated carbocycles. The maximum Gasteiger partial charge on any atom is 0.289 e. The maximum absolute atomic E-state index is 12.5. The highest BCUT2D eigenvalue weighted by Crippen LogP contribution is 2.24. The van der Waals surface area contributed by atoms with Crippen molar-refractivity contribution in [1.29, 1.82) is 0 Å². The van der Waals surface area contributed by atoms with Crippen LogP contribution in [-0.4, -0.2) is 61.9 Å². The lowest BCUT2D eigenvalue weighted by atomic mass is 10.2. The van der Waals surface area contributed by atoms with Crippen LogP contribution in [-0.2, 0) is 6.54 Å². The topological polar surface area (TPSA) is 93.2 Å². The van der Waals surface area contributed by atoms with E-state index in [4.69, 9.17) is 4.42 Å². The second-order valence-electron chi connectivity index (χ2n) is 7.26. The minimum Gasteiger partial charge on any atom is -0.459 e. The van der Waals surface area contributed by atoms with Crippen molar-refractivity contribution in [3.05, 3.63) is 65.9 Å². The van der Waals surface area contributed by atoms with E-state index in [1.165, 1.54) is 6.26 Å². The molecule has 9 heteroatoms. The first-order valence-corrected chi connectivity index (χ1v) is 9.88. The second kappa shape index (κ2) is 7.58. The number of aromatic nitrogens is 5. The van der Waals surface area contributed by atoms with Crippen molar-refractivity contribution in [3.8, 4) is 0 Å². The third-order valence-electron chi connectivity index (χ3n) is 5.23. The first kappa shape index (κ1) is 18.3. The molecule has 0 atom stereocenters. The highest BCUT2D eigenvalue weighted by atomic mass is 16.3. The van der Waals surface area contributed by atoms with Gasteiger partial charge in [0.2, 0.25) is 0 Å². The Morgan fingerprint density at radius 3 is 2.57 bits per heavy atom. The van der Waals surface area contributed by atoms with Gasteiger partial charge in [0, 0.05) is 26.2 Å². The summed E-state index contributed by atoms with van der Waals surface area (Å²) in [5.74, 6) is 1.72. The molecule has 1 saturated heterocycles. The van der Waals surface area contributed by atoms with Gasteiger partial charge < -0.3 is 14.2 Å². The van der Waals surface area contributed by atoms with Crippen LogP contribution in [0.4, 0.5) is 5.82 Å². The zero-order chi connectivity index (χ0) is 20.5. The molecular formula is C21H21N7O2. The molecule has 30 heavy (non-hydrogen) atoms. The average molecular weight is 403 g/mol. The van der Waals surface area contributed by atoms with E-state index in [0.717, 1.165) is 17.0 Å². The van der Waals surface area contributed by atoms with Crippen LogP contribution in [0.2, 0.25) is 0 Å². The van der Waals surface area contributed by atoms with Gasteiger partial charge in [-0.15, -0.1) is 5.10 Å². The van der Waals surface area contributed by atoms with Crippen LogP contribution in [0.5, 0.6) is 0 Å². The Morgan fingerprint density at radius 2 is 1.83 bits per heavy atom. The number of furan rings is 1. The molecule has 0 radical (unpaired) electrons. The van der Waals surface area contributed by atoms with Gasteiger partial charge in [-0.25, -0.2) is 14.6 Å². The van der Waals surface area contributed by atoms with Crippen LogP contribution in [0, 0.1) is 6.92 Å². The SMILES string of the molecule is Cc1nc(N2CCN(C(=O)c3ccco3)CC2)c2nnn(Cc3ccccc3)c2n1. The highest BCUT2D eigenvalue weighted by molar-refractivity contribution is 5.91. The number of rotatable bonds is 4. The van der Waals surface area contributed by atoms with Crippen LogP contribution in [0.1, 0.15) is 21.9 Å². The second-order valence-corrected chi connectivity index (χ2v) is 7.26. The number of aryl methyl sites for hydroxylation is 1. The predicted molar refractivity (Wildman–Crippen MR) is 110 cm³/mol. The number of carbonyl (C=O) groups excluding carboxylic acids is 1. The molecule has 0 aliphatic carbocycles. The van der Waals surface area contributed by atoms with Gasteiger partial charge in [-0.1, -0.05) is 35.5 Å². The zero-order valence-electron chi connectivity index (χ0n) is 16.6. The molecule has 3 aromatic heterocycles. The van der Waals surface area contributed by atoms with Crippen molar-refractivity contribution < 1.29 is 9.21 Å². The minimum absolute atomic E-state index is 0.0857. The van der Waals surface area contributed by atoms with E-state index < -0.39 is 0 Å². The zero-order valence-corrected chi connectivity index (χ0v) is 16.6. The smallest absolute Gasteiger partial charge is 0.289 e. The Balaban J connectivity index is 1.38. The minimum atomic E-state index is -0.0857. The summed E-state index contributed by atoms with van der Waals surface area (Å²) in [7, 11) is 0. The number of benzene rings is 1. The molecule has 0 spiro atoms. The monoisotopic (exact) mass is 403 g/mol. The lowest BCUT2D eigenvalue weighted by Crippen LogP contribution is -2.49. The summed E-state index contributed by atoms with van der Waals surface area (Å²) in [5, 5.41) is 8.70. The maximum atomic E-state index is 12.5. The molecule has 0 bridgehead atoms. The highest BCUT2D eigenvalue weighted by Gasteiger charge is 2.26. The lowest BCUT2D eigenvalue weighted by Gasteiger charge is -2.35. The number of carbonyl (C=O) groups is 1. The van der Waals surface area contributed by atoms with Gasteiger partial charge in [-0.05, 0) is 24.6 Å². The molecule has 1 fully saturated rings. The van der Waals surface area contributed by atoms with E-state index in [9.17, 15) is 4.79 Å². The number of piperazine rings is 1. The van der Waals surface area contributed by atoms with Crippen LogP contribution >= 0.6 is 0 Å². The summed E-state index contributed by atoms with van der Waals surface area (Å²) in [6.45, 7) is 4.95. The summed E-state index contributed by atoms with van der Waals surface area (Å²) >= 11 is 0. The van der Waals surface area contributed by atoms with E-state index >= 15 is 0 Å². The largest absolute Gasteiger partial charge is 0.459 e. The van der Waals surface area contributed by atoms with Gasteiger partial charge in [0.25, 0.3) is 5.91 Å². The van der Waals surface area contributed by atoms with E-state index in [1.54, 1.807) is 21.7 Å². The summed E-state index contributed by atoms with van der Waals surface area (Å²) in [4.78, 5) is 25.7. The fourth-order valence-electron chi connectivity index (χ4n) is 3.71. The molecule has 0 unspecified atom stereocenters. The van der Waals surface area contributed by atoms with Crippen molar-refractivity contribution in [2.45, 2.75) is 13.5 Å². The Morgan fingerprint density at radius 1 is 1.03 bits per heavy atom. The van der Waals surface area contributed by atoms with Crippen molar-refractivity contribution in [3.63, 3.8) is 0 Å². The molecule has 9 nitrogen and oxygen atoms in total. The first-order valence-electron chi connectivity index (χ1n) is 9.88. The Kier molecular flexibility index (Phi) is 4.62. The van der Waals surface area contributed by atoms with Crippen LogP contribution < -0.4 is 4.90 Å². The van der Waals surface area contributed by atoms with Crippen molar-refractivity contribution in [1.82, 2.24) is 29.9 Å². The number of hydrogen-bond donors (Lipinski definition) is 0. The van der Waals surface area contributed by atoms with Gasteiger partial charge in [-0.3, -0.25) is 4.79 Å². The molecule has 1 aliphatic heterocycles. The van der Waals surface area contributed by atoms with Crippen molar-refractivity contribution in [2.24, 2.45) is 0 Å². The molecule has 0 N–H and O–H groups in total. The van der Waals surface area contributed by atoms with Crippen LogP contribution in [0.3, 0.4) is 0 Å². The summed E-state index contributed by atoms with van der Waals surface area (Å²) in [6.07, 6.45) is 1.52. The van der Waals surface area contributed by atoms with Gasteiger partial charge in [-0.2, -0.15) is 0 Å². The predicted octanol–water partition coefficient (Wildman–Crippen LogP) is 2.13. The summed E-state index contributed by atoms with van der Waals surface area (Å²) in [5.41, 5.74) is 2.53. The van der Waals surface area contributed by atoms with Crippen molar-refractivity contribution in [2.75, 3.05) is 31.1 Å². The third-order valence-corrected chi connectivity index (χ3v) is 5.23. The third kappa shape index (κ3) is 3.38. The Hall–Kier alpha value is -3.75. The molecule has 1 aromatic carbocycles. The summed E-state index contributed by atoms with van der Waals surface area (Å²) < 4.78 is 7.04. The van der Waals surface area contributed by atoms with E-state index in [1.807, 2.05) is 25.1 Å². The Bertz CT molecular complexity index is 1160. The average Bonchev–Trinajstić information content (AvgIpc) is 3.45. The normalized spacial score (nSPS) is 14.4. The molecule has 1 amide bonds. The number of hydrogen-bond acceptors (Lipinski definition) is 7. The fourth-order valence-corrected chi connectivity index (χ4v) is 3.71. The molecule has 4 heterocycles. The molecule has 1 aliphatic rings. The van der Waals surface area contributed by atoms with E-state index in [2.05, 4.69) is 37.3 Å².